The third-order valence-corrected chi connectivity index (χ3v) is 5.98. The van der Waals surface area contributed by atoms with Crippen LogP contribution >= 0.6 is 0 Å². The lowest BCUT2D eigenvalue weighted by Crippen LogP contribution is -2.45. The lowest BCUT2D eigenvalue weighted by Gasteiger charge is -2.35. The summed E-state index contributed by atoms with van der Waals surface area (Å²) < 4.78 is 0. The van der Waals surface area contributed by atoms with Crippen LogP contribution in [0.25, 0.3) is 0 Å². The van der Waals surface area contributed by atoms with Crippen LogP contribution in [0.3, 0.4) is 0 Å². The van der Waals surface area contributed by atoms with Gasteiger partial charge in [0, 0.05) is 12.6 Å². The molecule has 1 amide bonds. The van der Waals surface area contributed by atoms with Gasteiger partial charge in [-0.3, -0.25) is 4.79 Å². The lowest BCUT2D eigenvalue weighted by atomic mass is 9.72. The van der Waals surface area contributed by atoms with Gasteiger partial charge in [-0.25, -0.2) is 4.79 Å². The van der Waals surface area contributed by atoms with E-state index in [-0.39, 0.29) is 35.4 Å². The number of carboxylic acids is 1. The standard InChI is InChI=1S/C24H38N2O3/c1-8-19(24(5,6)20-12-10-9-11-13-20)15-25-16-22(27)26(7)21(17(2)3)14-18(4)23(28)29/h9-14,17,19,21,25H,8,15-16H2,1-7H3,(H,28,29)/b18-14+/t19-,21-/m1/s1. The van der Waals surface area contributed by atoms with Crippen LogP contribution in [0.15, 0.2) is 42.0 Å². The van der Waals surface area contributed by atoms with Gasteiger partial charge in [-0.2, -0.15) is 0 Å². The topological polar surface area (TPSA) is 69.6 Å². The first-order valence-corrected chi connectivity index (χ1v) is 10.5. The summed E-state index contributed by atoms with van der Waals surface area (Å²) >= 11 is 0. The molecule has 1 aromatic rings. The molecule has 2 N–H and O–H groups in total. The smallest absolute Gasteiger partial charge is 0.331 e. The van der Waals surface area contributed by atoms with Crippen LogP contribution in [0.2, 0.25) is 0 Å². The highest BCUT2D eigenvalue weighted by atomic mass is 16.4. The van der Waals surface area contributed by atoms with Gasteiger partial charge in [0.1, 0.15) is 0 Å². The van der Waals surface area contributed by atoms with Gasteiger partial charge in [0.2, 0.25) is 5.91 Å². The van der Waals surface area contributed by atoms with Gasteiger partial charge in [-0.15, -0.1) is 0 Å². The Hall–Kier alpha value is -2.14. The molecule has 0 spiro atoms. The van der Waals surface area contributed by atoms with Gasteiger partial charge in [-0.05, 0) is 36.3 Å². The third-order valence-electron chi connectivity index (χ3n) is 5.98. The summed E-state index contributed by atoms with van der Waals surface area (Å²) in [5.74, 6) is -0.481. The SMILES string of the molecule is CC[C@H](CNCC(=O)N(C)[C@H](/C=C(\C)C(=O)O)C(C)C)C(C)(C)c1ccccc1. The molecule has 1 rings (SSSR count). The van der Waals surface area contributed by atoms with E-state index >= 15 is 0 Å². The summed E-state index contributed by atoms with van der Waals surface area (Å²) in [6, 6.07) is 10.2. The summed E-state index contributed by atoms with van der Waals surface area (Å²) in [4.78, 5) is 25.5. The molecule has 0 saturated carbocycles. The molecule has 162 valence electrons. The molecule has 2 atom stereocenters. The van der Waals surface area contributed by atoms with Gasteiger partial charge >= 0.3 is 5.97 Å². The van der Waals surface area contributed by atoms with Crippen molar-refractivity contribution in [1.29, 1.82) is 0 Å². The van der Waals surface area contributed by atoms with Crippen molar-refractivity contribution in [3.05, 3.63) is 47.5 Å². The Bertz CT molecular complexity index is 695. The summed E-state index contributed by atoms with van der Waals surface area (Å²) in [6.07, 6.45) is 2.67. The number of carbonyl (C=O) groups excluding carboxylic acids is 1. The molecule has 1 aromatic carbocycles. The van der Waals surface area contributed by atoms with E-state index in [1.165, 1.54) is 5.56 Å². The van der Waals surface area contributed by atoms with Crippen molar-refractivity contribution in [2.75, 3.05) is 20.1 Å². The number of benzene rings is 1. The van der Waals surface area contributed by atoms with Gasteiger partial charge < -0.3 is 15.3 Å². The van der Waals surface area contributed by atoms with Crippen LogP contribution < -0.4 is 5.32 Å². The minimum atomic E-state index is -0.955. The first kappa shape index (κ1) is 24.9. The fourth-order valence-corrected chi connectivity index (χ4v) is 3.74. The molecule has 0 heterocycles. The Labute approximate surface area is 176 Å². The van der Waals surface area contributed by atoms with E-state index in [2.05, 4.69) is 50.4 Å². The number of likely N-dealkylation sites (N-methyl/N-ethyl adjacent to an activating group) is 1. The second-order valence-electron chi connectivity index (χ2n) is 8.72. The third kappa shape index (κ3) is 7.00. The van der Waals surface area contributed by atoms with Crippen molar-refractivity contribution in [1.82, 2.24) is 10.2 Å². The zero-order valence-electron chi connectivity index (χ0n) is 19.0. The van der Waals surface area contributed by atoms with Crippen LogP contribution in [-0.2, 0) is 15.0 Å². The first-order chi connectivity index (χ1) is 13.5. The average Bonchev–Trinajstić information content (AvgIpc) is 2.68. The fourth-order valence-electron chi connectivity index (χ4n) is 3.74. The minimum absolute atomic E-state index is 0.000233. The lowest BCUT2D eigenvalue weighted by molar-refractivity contribution is -0.133. The quantitative estimate of drug-likeness (QED) is 0.547. The monoisotopic (exact) mass is 402 g/mol. The van der Waals surface area contributed by atoms with E-state index in [9.17, 15) is 9.59 Å². The minimum Gasteiger partial charge on any atom is -0.478 e. The normalized spacial score (nSPS) is 14.6. The molecule has 0 bridgehead atoms. The number of nitrogens with one attached hydrogen (secondary N) is 1. The number of nitrogens with zero attached hydrogens (tertiary/aromatic N) is 1. The van der Waals surface area contributed by atoms with Gasteiger partial charge in [0.25, 0.3) is 0 Å². The number of hydrogen-bond donors (Lipinski definition) is 2. The zero-order valence-corrected chi connectivity index (χ0v) is 19.0. The molecule has 0 radical (unpaired) electrons. The molecule has 5 nitrogen and oxygen atoms in total. The maximum atomic E-state index is 12.7. The second-order valence-corrected chi connectivity index (χ2v) is 8.72. The van der Waals surface area contributed by atoms with Crippen molar-refractivity contribution in [2.24, 2.45) is 11.8 Å². The van der Waals surface area contributed by atoms with E-state index in [1.807, 2.05) is 19.9 Å². The van der Waals surface area contributed by atoms with Gasteiger partial charge in [0.15, 0.2) is 0 Å². The molecule has 0 saturated heterocycles. The van der Waals surface area contributed by atoms with Crippen molar-refractivity contribution in [3.63, 3.8) is 0 Å². The van der Waals surface area contributed by atoms with E-state index < -0.39 is 5.97 Å². The largest absolute Gasteiger partial charge is 0.478 e. The van der Waals surface area contributed by atoms with Crippen molar-refractivity contribution >= 4 is 11.9 Å². The fraction of sp³-hybridized carbons (Fsp3) is 0.583. The number of rotatable bonds is 11. The average molecular weight is 403 g/mol. The Kier molecular flexibility index (Phi) is 9.57. The molecular weight excluding hydrogens is 364 g/mol. The van der Waals surface area contributed by atoms with E-state index in [1.54, 1.807) is 24.9 Å². The first-order valence-electron chi connectivity index (χ1n) is 10.5. The van der Waals surface area contributed by atoms with Crippen molar-refractivity contribution in [3.8, 4) is 0 Å². The summed E-state index contributed by atoms with van der Waals surface area (Å²) in [5, 5.41) is 12.5. The highest BCUT2D eigenvalue weighted by Gasteiger charge is 2.30. The predicted octanol–water partition coefficient (Wildman–Crippen LogP) is 4.09. The summed E-state index contributed by atoms with van der Waals surface area (Å²) in [7, 11) is 1.74. The molecule has 0 fully saturated rings. The molecule has 0 unspecified atom stereocenters. The van der Waals surface area contributed by atoms with Crippen LogP contribution in [0.1, 0.15) is 53.5 Å². The molecule has 0 aliphatic carbocycles. The Balaban J connectivity index is 2.74. The maximum Gasteiger partial charge on any atom is 0.331 e. The highest BCUT2D eigenvalue weighted by molar-refractivity contribution is 5.86. The number of carboxylic acid groups (broad SMARTS) is 1. The van der Waals surface area contributed by atoms with Crippen LogP contribution in [0, 0.1) is 11.8 Å². The summed E-state index contributed by atoms with van der Waals surface area (Å²) in [5.41, 5.74) is 1.55. The predicted molar refractivity (Wildman–Crippen MR) is 119 cm³/mol. The molecule has 5 heteroatoms. The highest BCUT2D eigenvalue weighted by Crippen LogP contribution is 2.33. The number of hydrogen-bond acceptors (Lipinski definition) is 3. The Morgan fingerprint density at radius 3 is 2.28 bits per heavy atom. The van der Waals surface area contributed by atoms with E-state index in [0.717, 1.165) is 13.0 Å². The molecular formula is C24H38N2O3. The maximum absolute atomic E-state index is 12.7. The zero-order chi connectivity index (χ0) is 22.2. The van der Waals surface area contributed by atoms with Gasteiger partial charge in [-0.1, -0.05) is 77.4 Å². The summed E-state index contributed by atoms with van der Waals surface area (Å²) in [6.45, 7) is 13.2. The molecule has 0 aliphatic heterocycles. The number of aliphatic carboxylic acids is 1. The molecule has 0 aliphatic rings. The molecule has 0 aromatic heterocycles. The Morgan fingerprint density at radius 1 is 1.21 bits per heavy atom. The Morgan fingerprint density at radius 2 is 1.79 bits per heavy atom. The van der Waals surface area contributed by atoms with Crippen molar-refractivity contribution < 1.29 is 14.7 Å². The van der Waals surface area contributed by atoms with Crippen LogP contribution in [0.4, 0.5) is 0 Å². The van der Waals surface area contributed by atoms with Crippen molar-refractivity contribution in [2.45, 2.75) is 59.4 Å². The van der Waals surface area contributed by atoms with Crippen LogP contribution in [-0.4, -0.2) is 48.1 Å². The number of amides is 1. The van der Waals surface area contributed by atoms with E-state index in [0.29, 0.717) is 5.92 Å². The van der Waals surface area contributed by atoms with Gasteiger partial charge in [0.05, 0.1) is 12.6 Å². The second kappa shape index (κ2) is 11.1. The van der Waals surface area contributed by atoms with Crippen LogP contribution in [0.5, 0.6) is 0 Å². The number of carbonyl (C=O) groups is 2. The van der Waals surface area contributed by atoms with E-state index in [4.69, 9.17) is 5.11 Å². The molecule has 29 heavy (non-hydrogen) atoms.